The van der Waals surface area contributed by atoms with Gasteiger partial charge in [0.1, 0.15) is 11.2 Å². The first kappa shape index (κ1) is 17.2. The lowest BCUT2D eigenvalue weighted by atomic mass is 9.86. The molecule has 4 heteroatoms. The summed E-state index contributed by atoms with van der Waals surface area (Å²) in [5, 5.41) is 0. The lowest BCUT2D eigenvalue weighted by Gasteiger charge is -2.40. The Kier molecular flexibility index (Phi) is 4.56. The molecule has 124 valence electrons. The smallest absolute Gasteiger partial charge is 0.312 e. The summed E-state index contributed by atoms with van der Waals surface area (Å²) >= 11 is 0. The van der Waals surface area contributed by atoms with E-state index in [0.29, 0.717) is 19.6 Å². The van der Waals surface area contributed by atoms with Gasteiger partial charge in [0, 0.05) is 12.3 Å². The predicted molar refractivity (Wildman–Crippen MR) is 85.5 cm³/mol. The first-order valence-electron chi connectivity index (χ1n) is 7.89. The van der Waals surface area contributed by atoms with E-state index >= 15 is 0 Å². The molecule has 0 radical (unpaired) electrons. The molecule has 1 fully saturated rings. The summed E-state index contributed by atoms with van der Waals surface area (Å²) in [6, 6.07) is 0. The van der Waals surface area contributed by atoms with Gasteiger partial charge in [-0.3, -0.25) is 4.79 Å². The largest absolute Gasteiger partial charge is 0.459 e. The second kappa shape index (κ2) is 5.82. The van der Waals surface area contributed by atoms with Gasteiger partial charge in [-0.1, -0.05) is 18.2 Å². The van der Waals surface area contributed by atoms with Crippen molar-refractivity contribution in [2.75, 3.05) is 13.2 Å². The Morgan fingerprint density at radius 3 is 2.59 bits per heavy atom. The van der Waals surface area contributed by atoms with Gasteiger partial charge >= 0.3 is 5.97 Å². The van der Waals surface area contributed by atoms with Crippen LogP contribution in [0.15, 0.2) is 24.8 Å². The molecule has 0 spiro atoms. The molecule has 0 aromatic heterocycles. The van der Waals surface area contributed by atoms with Gasteiger partial charge in [0.25, 0.3) is 0 Å². The minimum atomic E-state index is -0.601. The van der Waals surface area contributed by atoms with E-state index in [4.69, 9.17) is 14.2 Å². The molecule has 22 heavy (non-hydrogen) atoms. The molecule has 2 rings (SSSR count). The molecule has 0 aromatic carbocycles. The lowest BCUT2D eigenvalue weighted by Crippen LogP contribution is -2.47. The van der Waals surface area contributed by atoms with Crippen molar-refractivity contribution in [2.24, 2.45) is 11.3 Å². The summed E-state index contributed by atoms with van der Waals surface area (Å²) < 4.78 is 17.4. The van der Waals surface area contributed by atoms with Gasteiger partial charge in [-0.05, 0) is 34.6 Å². The van der Waals surface area contributed by atoms with Gasteiger partial charge in [-0.15, -0.1) is 6.58 Å². The average Bonchev–Trinajstić information content (AvgIpc) is 3.22. The first-order valence-corrected chi connectivity index (χ1v) is 7.89. The summed E-state index contributed by atoms with van der Waals surface area (Å²) in [4.78, 5) is 12.4. The number of carbonyl (C=O) groups excluding carboxylic acids is 1. The first-order chi connectivity index (χ1) is 10.1. The number of rotatable bonds is 6. The predicted octanol–water partition coefficient (Wildman–Crippen LogP) is 3.27. The van der Waals surface area contributed by atoms with Gasteiger partial charge in [-0.25, -0.2) is 0 Å². The number of esters is 1. The Morgan fingerprint density at radius 2 is 2.05 bits per heavy atom. The van der Waals surface area contributed by atoms with Crippen LogP contribution in [0.5, 0.6) is 0 Å². The fourth-order valence-electron chi connectivity index (χ4n) is 2.69. The molecule has 2 aliphatic rings. The number of ether oxygens (including phenoxy) is 3. The summed E-state index contributed by atoms with van der Waals surface area (Å²) in [5.74, 6) is 0.0461. The fourth-order valence-corrected chi connectivity index (χ4v) is 2.69. The molecule has 4 nitrogen and oxygen atoms in total. The maximum Gasteiger partial charge on any atom is 0.312 e. The van der Waals surface area contributed by atoms with E-state index in [1.807, 2.05) is 46.8 Å². The Balaban J connectivity index is 1.93. The summed E-state index contributed by atoms with van der Waals surface area (Å²) in [6.07, 6.45) is 6.31. The number of carbonyl (C=O) groups is 1. The normalized spacial score (nSPS) is 29.2. The molecule has 0 aromatic rings. The van der Waals surface area contributed by atoms with E-state index in [2.05, 4.69) is 6.58 Å². The number of hydrogen-bond acceptors (Lipinski definition) is 4. The van der Waals surface area contributed by atoms with Crippen LogP contribution >= 0.6 is 0 Å². The van der Waals surface area contributed by atoms with Crippen LogP contribution in [0.2, 0.25) is 0 Å². The summed E-state index contributed by atoms with van der Waals surface area (Å²) in [5.41, 5.74) is -1.58. The minimum Gasteiger partial charge on any atom is -0.459 e. The van der Waals surface area contributed by atoms with E-state index in [0.717, 1.165) is 0 Å². The molecule has 0 saturated carbocycles. The van der Waals surface area contributed by atoms with Crippen molar-refractivity contribution in [1.82, 2.24) is 0 Å². The van der Waals surface area contributed by atoms with E-state index in [-0.39, 0.29) is 18.0 Å². The monoisotopic (exact) mass is 308 g/mol. The molecule has 0 bridgehead atoms. The van der Waals surface area contributed by atoms with Crippen molar-refractivity contribution in [2.45, 2.75) is 58.3 Å². The van der Waals surface area contributed by atoms with E-state index in [9.17, 15) is 4.79 Å². The number of hydrogen-bond donors (Lipinski definition) is 0. The third kappa shape index (κ3) is 3.99. The molecular weight excluding hydrogens is 280 g/mol. The quantitative estimate of drug-likeness (QED) is 0.558. The second-order valence-electron chi connectivity index (χ2n) is 7.76. The van der Waals surface area contributed by atoms with Crippen LogP contribution in [0.3, 0.4) is 0 Å². The molecule has 2 unspecified atom stereocenters. The van der Waals surface area contributed by atoms with E-state index in [1.165, 1.54) is 0 Å². The summed E-state index contributed by atoms with van der Waals surface area (Å²) in [7, 11) is 0. The molecule has 2 atom stereocenters. The van der Waals surface area contributed by atoms with Crippen molar-refractivity contribution >= 4 is 5.97 Å². The zero-order valence-corrected chi connectivity index (χ0v) is 14.3. The molecular formula is C18H28O4. The van der Waals surface area contributed by atoms with Crippen LogP contribution in [0.4, 0.5) is 0 Å². The van der Waals surface area contributed by atoms with Gasteiger partial charge in [0.2, 0.25) is 0 Å². The Morgan fingerprint density at radius 1 is 1.41 bits per heavy atom. The van der Waals surface area contributed by atoms with Crippen molar-refractivity contribution < 1.29 is 19.0 Å². The maximum absolute atomic E-state index is 12.4. The maximum atomic E-state index is 12.4. The van der Waals surface area contributed by atoms with Crippen molar-refractivity contribution in [1.29, 1.82) is 0 Å². The highest BCUT2D eigenvalue weighted by atomic mass is 16.6. The van der Waals surface area contributed by atoms with Gasteiger partial charge in [0.05, 0.1) is 24.7 Å². The van der Waals surface area contributed by atoms with Crippen LogP contribution in [-0.4, -0.2) is 36.5 Å². The zero-order chi connectivity index (χ0) is 16.6. The minimum absolute atomic E-state index is 0.110. The van der Waals surface area contributed by atoms with Crippen LogP contribution in [0.1, 0.15) is 41.0 Å². The van der Waals surface area contributed by atoms with Crippen molar-refractivity contribution in [3.63, 3.8) is 0 Å². The summed E-state index contributed by atoms with van der Waals surface area (Å²) in [6.45, 7) is 14.5. The van der Waals surface area contributed by atoms with Crippen LogP contribution in [0.25, 0.3) is 0 Å². The molecule has 1 saturated heterocycles. The van der Waals surface area contributed by atoms with Gasteiger partial charge < -0.3 is 14.2 Å². The van der Waals surface area contributed by atoms with Crippen molar-refractivity contribution in [3.8, 4) is 0 Å². The van der Waals surface area contributed by atoms with E-state index < -0.39 is 16.6 Å². The SMILES string of the molecule is C=CC1(C)COCC(CC(C)(C)OC(=O)C(C)(C)C2C=C2)O1. The van der Waals surface area contributed by atoms with E-state index in [1.54, 1.807) is 6.08 Å². The highest BCUT2D eigenvalue weighted by Gasteiger charge is 2.43. The highest BCUT2D eigenvalue weighted by Crippen LogP contribution is 2.39. The van der Waals surface area contributed by atoms with Crippen LogP contribution < -0.4 is 0 Å². The molecule has 1 aliphatic heterocycles. The number of allylic oxidation sites excluding steroid dienone is 2. The Labute approximate surface area is 133 Å². The van der Waals surface area contributed by atoms with Crippen LogP contribution in [0, 0.1) is 11.3 Å². The third-order valence-electron chi connectivity index (χ3n) is 4.39. The average molecular weight is 308 g/mol. The molecule has 1 heterocycles. The Hall–Kier alpha value is -1.13. The fraction of sp³-hybridized carbons (Fsp3) is 0.722. The highest BCUT2D eigenvalue weighted by molar-refractivity contribution is 5.78. The van der Waals surface area contributed by atoms with Crippen molar-refractivity contribution in [3.05, 3.63) is 24.8 Å². The van der Waals surface area contributed by atoms with Gasteiger partial charge in [0.15, 0.2) is 0 Å². The second-order valence-corrected chi connectivity index (χ2v) is 7.76. The Bertz CT molecular complexity index is 471. The molecule has 1 aliphatic carbocycles. The van der Waals surface area contributed by atoms with Gasteiger partial charge in [-0.2, -0.15) is 0 Å². The molecule has 0 N–H and O–H groups in total. The zero-order valence-electron chi connectivity index (χ0n) is 14.3. The standard InChI is InChI=1S/C18H28O4/c1-7-18(6)12-20-11-14(21-18)10-16(2,3)22-15(19)17(4,5)13-8-9-13/h7-9,13-14H,1,10-12H2,2-6H3. The topological polar surface area (TPSA) is 44.8 Å². The molecule has 0 amide bonds. The van der Waals surface area contributed by atoms with Crippen LogP contribution in [-0.2, 0) is 19.0 Å². The lowest BCUT2D eigenvalue weighted by molar-refractivity contribution is -0.194. The third-order valence-corrected chi connectivity index (χ3v) is 4.39.